The molecule has 3 aromatic carbocycles. The van der Waals surface area contributed by atoms with Gasteiger partial charge in [0.25, 0.3) is 10.0 Å². The summed E-state index contributed by atoms with van der Waals surface area (Å²) in [6.07, 6.45) is 0.464. The summed E-state index contributed by atoms with van der Waals surface area (Å²) < 4.78 is 34.3. The molecule has 0 radical (unpaired) electrons. The summed E-state index contributed by atoms with van der Waals surface area (Å²) in [7, 11) is -3.81. The molecule has 0 atom stereocenters. The van der Waals surface area contributed by atoms with Gasteiger partial charge < -0.3 is 4.42 Å². The van der Waals surface area contributed by atoms with Gasteiger partial charge in [-0.1, -0.05) is 72.3 Å². The van der Waals surface area contributed by atoms with Gasteiger partial charge in [-0.05, 0) is 37.1 Å². The van der Waals surface area contributed by atoms with Crippen LogP contribution in [0.5, 0.6) is 0 Å². The first-order valence-electron chi connectivity index (χ1n) is 9.61. The molecule has 0 aliphatic heterocycles. The molecule has 4 rings (SSSR count). The third-order valence-electron chi connectivity index (χ3n) is 4.79. The fourth-order valence-corrected chi connectivity index (χ4v) is 4.34. The maximum Gasteiger partial charge on any atom is 0.264 e. The molecule has 0 aliphatic rings. The van der Waals surface area contributed by atoms with E-state index in [1.807, 2.05) is 62.4 Å². The van der Waals surface area contributed by atoms with Crippen molar-refractivity contribution < 1.29 is 12.8 Å². The van der Waals surface area contributed by atoms with Crippen LogP contribution in [0.25, 0.3) is 11.3 Å². The van der Waals surface area contributed by atoms with E-state index in [-0.39, 0.29) is 10.8 Å². The van der Waals surface area contributed by atoms with Crippen molar-refractivity contribution in [2.24, 2.45) is 0 Å². The minimum absolute atomic E-state index is 0.122. The standard InChI is InChI=1S/C24H22N2O3S/c1-17-13-14-21(18(2)15-17)23-24(26-30(27,28)20-11-7-4-8-12-20)29-22(25-23)16-19-9-5-3-6-10-19/h3-15,26H,16H2,1-2H3. The Balaban J connectivity index is 1.77. The Morgan fingerprint density at radius 1 is 0.900 bits per heavy atom. The van der Waals surface area contributed by atoms with Gasteiger partial charge in [0.1, 0.15) is 5.69 Å². The summed E-state index contributed by atoms with van der Waals surface area (Å²) in [5.41, 5.74) is 4.46. The number of benzene rings is 3. The zero-order valence-electron chi connectivity index (χ0n) is 16.8. The van der Waals surface area contributed by atoms with Crippen molar-refractivity contribution in [2.45, 2.75) is 25.2 Å². The van der Waals surface area contributed by atoms with E-state index < -0.39 is 10.0 Å². The van der Waals surface area contributed by atoms with Crippen molar-refractivity contribution in [1.82, 2.24) is 4.98 Å². The Bertz CT molecular complexity index is 1260. The lowest BCUT2D eigenvalue weighted by atomic mass is 10.0. The Labute approximate surface area is 176 Å². The monoisotopic (exact) mass is 418 g/mol. The SMILES string of the molecule is Cc1ccc(-c2nc(Cc3ccccc3)oc2NS(=O)(=O)c2ccccc2)c(C)c1. The van der Waals surface area contributed by atoms with Crippen LogP contribution in [0.3, 0.4) is 0 Å². The van der Waals surface area contributed by atoms with E-state index in [9.17, 15) is 8.42 Å². The number of rotatable bonds is 6. The van der Waals surface area contributed by atoms with Crippen molar-refractivity contribution in [1.29, 1.82) is 0 Å². The van der Waals surface area contributed by atoms with Crippen LogP contribution in [0.15, 0.2) is 88.2 Å². The second-order valence-electron chi connectivity index (χ2n) is 7.18. The zero-order valence-corrected chi connectivity index (χ0v) is 17.6. The van der Waals surface area contributed by atoms with Crippen LogP contribution in [-0.2, 0) is 16.4 Å². The summed E-state index contributed by atoms with van der Waals surface area (Å²) in [4.78, 5) is 4.81. The highest BCUT2D eigenvalue weighted by atomic mass is 32.2. The number of hydrogen-bond acceptors (Lipinski definition) is 4. The molecule has 0 fully saturated rings. The normalized spacial score (nSPS) is 11.4. The van der Waals surface area contributed by atoms with Crippen LogP contribution >= 0.6 is 0 Å². The highest BCUT2D eigenvalue weighted by molar-refractivity contribution is 7.92. The van der Waals surface area contributed by atoms with E-state index in [4.69, 9.17) is 4.42 Å². The first-order chi connectivity index (χ1) is 14.4. The number of nitrogens with one attached hydrogen (secondary N) is 1. The smallest absolute Gasteiger partial charge is 0.264 e. The van der Waals surface area contributed by atoms with Crippen LogP contribution < -0.4 is 4.72 Å². The molecular weight excluding hydrogens is 396 g/mol. The fraction of sp³-hybridized carbons (Fsp3) is 0.125. The van der Waals surface area contributed by atoms with E-state index in [0.717, 1.165) is 22.3 Å². The predicted octanol–water partition coefficient (Wildman–Crippen LogP) is 5.35. The summed E-state index contributed by atoms with van der Waals surface area (Å²) >= 11 is 0. The molecule has 4 aromatic rings. The maximum atomic E-state index is 12.9. The molecule has 5 nitrogen and oxygen atoms in total. The fourth-order valence-electron chi connectivity index (χ4n) is 3.32. The largest absolute Gasteiger partial charge is 0.423 e. The molecule has 0 unspecified atom stereocenters. The lowest BCUT2D eigenvalue weighted by Gasteiger charge is -2.08. The molecule has 1 N–H and O–H groups in total. The molecular formula is C24H22N2O3S. The van der Waals surface area contributed by atoms with Crippen molar-refractivity contribution in [3.63, 3.8) is 0 Å². The number of nitrogens with zero attached hydrogens (tertiary/aromatic N) is 1. The lowest BCUT2D eigenvalue weighted by Crippen LogP contribution is -2.13. The number of sulfonamides is 1. The van der Waals surface area contributed by atoms with Crippen LogP contribution in [0, 0.1) is 13.8 Å². The first kappa shape index (κ1) is 19.9. The van der Waals surface area contributed by atoms with Crippen LogP contribution in [0.1, 0.15) is 22.6 Å². The lowest BCUT2D eigenvalue weighted by molar-refractivity contribution is 0.521. The van der Waals surface area contributed by atoms with Crippen molar-refractivity contribution in [2.75, 3.05) is 4.72 Å². The Morgan fingerprint density at radius 2 is 1.57 bits per heavy atom. The third kappa shape index (κ3) is 4.28. The number of hydrogen-bond donors (Lipinski definition) is 1. The van der Waals surface area contributed by atoms with Gasteiger partial charge in [0.2, 0.25) is 11.8 Å². The molecule has 1 aromatic heterocycles. The highest BCUT2D eigenvalue weighted by Gasteiger charge is 2.23. The summed E-state index contributed by atoms with van der Waals surface area (Å²) in [5.74, 6) is 0.568. The van der Waals surface area contributed by atoms with E-state index in [1.165, 1.54) is 0 Å². The van der Waals surface area contributed by atoms with Gasteiger partial charge in [-0.25, -0.2) is 18.1 Å². The number of oxazole rings is 1. The second kappa shape index (κ2) is 8.16. The van der Waals surface area contributed by atoms with Gasteiger partial charge >= 0.3 is 0 Å². The van der Waals surface area contributed by atoms with E-state index in [0.29, 0.717) is 18.0 Å². The van der Waals surface area contributed by atoms with E-state index >= 15 is 0 Å². The van der Waals surface area contributed by atoms with E-state index in [2.05, 4.69) is 9.71 Å². The number of aryl methyl sites for hydroxylation is 2. The van der Waals surface area contributed by atoms with Crippen LogP contribution in [0.4, 0.5) is 5.88 Å². The molecule has 152 valence electrons. The minimum atomic E-state index is -3.81. The molecule has 0 amide bonds. The number of aromatic nitrogens is 1. The van der Waals surface area contributed by atoms with Crippen molar-refractivity contribution >= 4 is 15.9 Å². The van der Waals surface area contributed by atoms with Crippen LogP contribution in [-0.4, -0.2) is 13.4 Å². The quantitative estimate of drug-likeness (QED) is 0.458. The summed E-state index contributed by atoms with van der Waals surface area (Å²) in [6, 6.07) is 24.0. The Hall–Kier alpha value is -3.38. The first-order valence-corrected chi connectivity index (χ1v) is 11.1. The zero-order chi connectivity index (χ0) is 21.1. The van der Waals surface area contributed by atoms with Gasteiger partial charge in [-0.2, -0.15) is 0 Å². The van der Waals surface area contributed by atoms with Gasteiger partial charge in [-0.3, -0.25) is 0 Å². The van der Waals surface area contributed by atoms with Crippen LogP contribution in [0.2, 0.25) is 0 Å². The van der Waals surface area contributed by atoms with Gasteiger partial charge in [-0.15, -0.1) is 0 Å². The van der Waals surface area contributed by atoms with E-state index in [1.54, 1.807) is 30.3 Å². The highest BCUT2D eigenvalue weighted by Crippen LogP contribution is 2.33. The molecule has 0 saturated carbocycles. The minimum Gasteiger partial charge on any atom is -0.423 e. The predicted molar refractivity (Wildman–Crippen MR) is 118 cm³/mol. The van der Waals surface area contributed by atoms with Gasteiger partial charge in [0.05, 0.1) is 4.90 Å². The third-order valence-corrected chi connectivity index (χ3v) is 6.13. The van der Waals surface area contributed by atoms with Gasteiger partial charge in [0, 0.05) is 12.0 Å². The molecule has 0 aliphatic carbocycles. The molecule has 30 heavy (non-hydrogen) atoms. The van der Waals surface area contributed by atoms with Crippen molar-refractivity contribution in [3.8, 4) is 11.3 Å². The Morgan fingerprint density at radius 3 is 2.23 bits per heavy atom. The molecule has 0 spiro atoms. The Kier molecular flexibility index (Phi) is 5.42. The second-order valence-corrected chi connectivity index (χ2v) is 8.87. The molecule has 6 heteroatoms. The molecule has 0 saturated heterocycles. The maximum absolute atomic E-state index is 12.9. The number of anilines is 1. The molecule has 1 heterocycles. The topological polar surface area (TPSA) is 72.2 Å². The average Bonchev–Trinajstić information content (AvgIpc) is 3.10. The van der Waals surface area contributed by atoms with Gasteiger partial charge in [0.15, 0.2) is 0 Å². The van der Waals surface area contributed by atoms with Crippen molar-refractivity contribution in [3.05, 3.63) is 101 Å². The summed E-state index contributed by atoms with van der Waals surface area (Å²) in [6.45, 7) is 3.99. The molecule has 0 bridgehead atoms. The summed E-state index contributed by atoms with van der Waals surface area (Å²) in [5, 5.41) is 0. The average molecular weight is 419 g/mol.